The summed E-state index contributed by atoms with van der Waals surface area (Å²) in [5, 5.41) is 13.4. The zero-order chi connectivity index (χ0) is 13.5. The minimum absolute atomic E-state index is 0.285. The maximum absolute atomic E-state index is 9.78. The topological polar surface area (TPSA) is 48.3 Å². The smallest absolute Gasteiger partial charge is 0.122 e. The highest BCUT2D eigenvalue weighted by Gasteiger charge is 2.49. The highest BCUT2D eigenvalue weighted by molar-refractivity contribution is 5.19. The number of morpholine rings is 1. The van der Waals surface area contributed by atoms with E-state index in [1.54, 1.807) is 0 Å². The second kappa shape index (κ2) is 5.05. The zero-order valence-corrected chi connectivity index (χ0v) is 12.1. The van der Waals surface area contributed by atoms with Crippen molar-refractivity contribution in [1.29, 1.82) is 5.26 Å². The maximum Gasteiger partial charge on any atom is 0.122 e. The van der Waals surface area contributed by atoms with Crippen molar-refractivity contribution >= 4 is 0 Å². The lowest BCUT2D eigenvalue weighted by Crippen LogP contribution is -2.59. The molecule has 1 N–H and O–H groups in total. The van der Waals surface area contributed by atoms with Crippen molar-refractivity contribution in [3.05, 3.63) is 0 Å². The van der Waals surface area contributed by atoms with Crippen molar-refractivity contribution in [3.63, 3.8) is 0 Å². The Bertz CT molecular complexity index is 372. The fourth-order valence-corrected chi connectivity index (χ4v) is 3.13. The van der Waals surface area contributed by atoms with Crippen LogP contribution in [0.3, 0.4) is 0 Å². The molecule has 0 aromatic carbocycles. The van der Waals surface area contributed by atoms with Gasteiger partial charge in [0.2, 0.25) is 0 Å². The van der Waals surface area contributed by atoms with Gasteiger partial charge in [-0.3, -0.25) is 10.2 Å². The Morgan fingerprint density at radius 2 is 2.05 bits per heavy atom. The normalized spacial score (nSPS) is 35.6. The van der Waals surface area contributed by atoms with Crippen LogP contribution in [0.15, 0.2) is 0 Å². The van der Waals surface area contributed by atoms with E-state index in [2.05, 4.69) is 30.1 Å². The largest absolute Gasteiger partial charge is 0.376 e. The van der Waals surface area contributed by atoms with Crippen LogP contribution in [0.5, 0.6) is 0 Å². The number of nitriles is 1. The van der Waals surface area contributed by atoms with E-state index in [9.17, 15) is 5.26 Å². The van der Waals surface area contributed by atoms with Crippen molar-refractivity contribution in [2.75, 3.05) is 19.7 Å². The van der Waals surface area contributed by atoms with Crippen LogP contribution in [0.1, 0.15) is 39.5 Å². The molecule has 106 valence electrons. The molecule has 0 aromatic heterocycles. The molecule has 3 fully saturated rings. The summed E-state index contributed by atoms with van der Waals surface area (Å²) < 4.78 is 5.69. The number of rotatable bonds is 5. The second-order valence-electron chi connectivity index (χ2n) is 6.70. The van der Waals surface area contributed by atoms with Crippen LogP contribution in [-0.4, -0.2) is 48.3 Å². The van der Waals surface area contributed by atoms with Crippen LogP contribution in [0.25, 0.3) is 0 Å². The molecule has 3 unspecified atom stereocenters. The minimum atomic E-state index is -0.313. The van der Waals surface area contributed by atoms with Crippen molar-refractivity contribution < 1.29 is 4.74 Å². The van der Waals surface area contributed by atoms with Crippen LogP contribution < -0.4 is 5.32 Å². The molecule has 1 heterocycles. The predicted octanol–water partition coefficient (Wildman–Crippen LogP) is 1.52. The Morgan fingerprint density at radius 1 is 1.32 bits per heavy atom. The van der Waals surface area contributed by atoms with Crippen molar-refractivity contribution in [1.82, 2.24) is 10.2 Å². The summed E-state index contributed by atoms with van der Waals surface area (Å²) in [5.74, 6) is 0.559. The standard InChI is InChI=1S/C15H25N3O/c1-11-8-19-12(2)7-18(11)10-15(9-16,13-3-4-13)17-14-5-6-14/h11-14,17H,3-8,10H2,1-2H3. The van der Waals surface area contributed by atoms with Gasteiger partial charge < -0.3 is 4.74 Å². The molecule has 2 saturated carbocycles. The fraction of sp³-hybridized carbons (Fsp3) is 0.933. The molecule has 0 radical (unpaired) electrons. The molecule has 3 atom stereocenters. The molecule has 4 heteroatoms. The molecule has 0 amide bonds. The summed E-state index contributed by atoms with van der Waals surface area (Å²) >= 11 is 0. The van der Waals surface area contributed by atoms with E-state index in [4.69, 9.17) is 4.74 Å². The van der Waals surface area contributed by atoms with Crippen LogP contribution in [0.2, 0.25) is 0 Å². The maximum atomic E-state index is 9.78. The van der Waals surface area contributed by atoms with Gasteiger partial charge in [0.15, 0.2) is 0 Å². The Hall–Kier alpha value is -0.630. The highest BCUT2D eigenvalue weighted by atomic mass is 16.5. The Labute approximate surface area is 116 Å². The molecule has 1 saturated heterocycles. The van der Waals surface area contributed by atoms with Crippen molar-refractivity contribution in [2.24, 2.45) is 5.92 Å². The van der Waals surface area contributed by atoms with Gasteiger partial charge >= 0.3 is 0 Å². The van der Waals surface area contributed by atoms with Gasteiger partial charge in [-0.05, 0) is 45.4 Å². The molecule has 1 aliphatic heterocycles. The van der Waals surface area contributed by atoms with E-state index in [1.807, 2.05) is 0 Å². The van der Waals surface area contributed by atoms with Crippen molar-refractivity contribution in [3.8, 4) is 6.07 Å². The average molecular weight is 263 g/mol. The van der Waals surface area contributed by atoms with Gasteiger partial charge in [0, 0.05) is 25.2 Å². The number of hydrogen-bond acceptors (Lipinski definition) is 4. The lowest BCUT2D eigenvalue weighted by atomic mass is 9.92. The van der Waals surface area contributed by atoms with Gasteiger partial charge in [-0.25, -0.2) is 0 Å². The third kappa shape index (κ3) is 2.94. The third-order valence-electron chi connectivity index (χ3n) is 4.70. The van der Waals surface area contributed by atoms with Crippen LogP contribution in [0.4, 0.5) is 0 Å². The molecule has 3 rings (SSSR count). The first-order valence-corrected chi connectivity index (χ1v) is 7.67. The number of hydrogen-bond donors (Lipinski definition) is 1. The van der Waals surface area contributed by atoms with Crippen LogP contribution in [-0.2, 0) is 4.74 Å². The summed E-state index contributed by atoms with van der Waals surface area (Å²) in [6.45, 7) is 6.93. The lowest BCUT2D eigenvalue weighted by Gasteiger charge is -2.41. The van der Waals surface area contributed by atoms with Crippen LogP contribution in [0, 0.1) is 17.2 Å². The van der Waals surface area contributed by atoms with E-state index < -0.39 is 0 Å². The number of ether oxygens (including phenoxy) is 1. The summed E-state index contributed by atoms with van der Waals surface area (Å²) in [4.78, 5) is 2.45. The van der Waals surface area contributed by atoms with Gasteiger partial charge in [0.25, 0.3) is 0 Å². The van der Waals surface area contributed by atoms with Crippen LogP contribution >= 0.6 is 0 Å². The monoisotopic (exact) mass is 263 g/mol. The molecular weight excluding hydrogens is 238 g/mol. The molecule has 2 aliphatic carbocycles. The molecule has 0 bridgehead atoms. The van der Waals surface area contributed by atoms with Gasteiger partial charge in [0.1, 0.15) is 5.54 Å². The quantitative estimate of drug-likeness (QED) is 0.817. The van der Waals surface area contributed by atoms with E-state index in [1.165, 1.54) is 25.7 Å². The molecule has 0 aromatic rings. The first kappa shape index (κ1) is 13.4. The Kier molecular flexibility index (Phi) is 3.55. The molecule has 3 aliphatic rings. The van der Waals surface area contributed by atoms with Gasteiger partial charge in [-0.1, -0.05) is 0 Å². The van der Waals surface area contributed by atoms with Gasteiger partial charge in [-0.2, -0.15) is 5.26 Å². The average Bonchev–Trinajstić information content (AvgIpc) is 3.25. The second-order valence-corrected chi connectivity index (χ2v) is 6.70. The summed E-state index contributed by atoms with van der Waals surface area (Å²) in [6.07, 6.45) is 5.19. The molecule has 0 spiro atoms. The zero-order valence-electron chi connectivity index (χ0n) is 12.1. The lowest BCUT2D eigenvalue weighted by molar-refractivity contribution is -0.0564. The highest BCUT2D eigenvalue weighted by Crippen LogP contribution is 2.42. The minimum Gasteiger partial charge on any atom is -0.376 e. The van der Waals surface area contributed by atoms with Gasteiger partial charge in [-0.15, -0.1) is 0 Å². The number of nitrogens with zero attached hydrogens (tertiary/aromatic N) is 2. The number of nitrogens with one attached hydrogen (secondary N) is 1. The first-order valence-electron chi connectivity index (χ1n) is 7.67. The van der Waals surface area contributed by atoms with E-state index in [0.29, 0.717) is 18.0 Å². The van der Waals surface area contributed by atoms with Gasteiger partial charge in [0.05, 0.1) is 18.8 Å². The fourth-order valence-electron chi connectivity index (χ4n) is 3.13. The Balaban J connectivity index is 1.70. The summed E-state index contributed by atoms with van der Waals surface area (Å²) in [5.41, 5.74) is -0.313. The molecule has 19 heavy (non-hydrogen) atoms. The van der Waals surface area contributed by atoms with Crippen molar-refractivity contribution in [2.45, 2.75) is 63.3 Å². The van der Waals surface area contributed by atoms with E-state index >= 15 is 0 Å². The summed E-state index contributed by atoms with van der Waals surface area (Å²) in [6, 6.07) is 3.65. The summed E-state index contributed by atoms with van der Waals surface area (Å²) in [7, 11) is 0. The Morgan fingerprint density at radius 3 is 2.63 bits per heavy atom. The first-order chi connectivity index (χ1) is 9.13. The van der Waals surface area contributed by atoms with E-state index in [-0.39, 0.29) is 11.6 Å². The SMILES string of the molecule is CC1CN(CC(C#N)(NC2CC2)C2CC2)C(C)CO1. The molecule has 4 nitrogen and oxygen atoms in total. The van der Waals surface area contributed by atoms with E-state index in [0.717, 1.165) is 19.7 Å². The predicted molar refractivity (Wildman–Crippen MR) is 73.7 cm³/mol. The third-order valence-corrected chi connectivity index (χ3v) is 4.70. The molecular formula is C15H25N3O.